The second kappa shape index (κ2) is 5.17. The number of carbonyl (C=O) groups excluding carboxylic acids is 1. The Bertz CT molecular complexity index is 431. The van der Waals surface area contributed by atoms with Gasteiger partial charge in [0.2, 0.25) is 0 Å². The first-order valence-corrected chi connectivity index (χ1v) is 6.68. The van der Waals surface area contributed by atoms with Crippen molar-refractivity contribution in [1.29, 1.82) is 0 Å². The van der Waals surface area contributed by atoms with Crippen molar-refractivity contribution in [1.82, 2.24) is 5.32 Å². The molecule has 0 heterocycles. The summed E-state index contributed by atoms with van der Waals surface area (Å²) in [5, 5.41) is 2.76. The van der Waals surface area contributed by atoms with Crippen molar-refractivity contribution in [3.63, 3.8) is 0 Å². The number of aryl methyl sites for hydroxylation is 1. The lowest BCUT2D eigenvalue weighted by molar-refractivity contribution is 0.0949. The second-order valence-corrected chi connectivity index (χ2v) is 5.68. The molecule has 0 spiro atoms. The van der Waals surface area contributed by atoms with Crippen LogP contribution in [0.15, 0.2) is 18.2 Å². The third-order valence-electron chi connectivity index (χ3n) is 3.03. The van der Waals surface area contributed by atoms with Gasteiger partial charge in [-0.1, -0.05) is 28.1 Å². The van der Waals surface area contributed by atoms with Crippen molar-refractivity contribution in [2.75, 3.05) is 6.54 Å². The number of hydrogen-bond acceptors (Lipinski definition) is 1. The van der Waals surface area contributed by atoms with Gasteiger partial charge in [-0.25, -0.2) is 4.39 Å². The quantitative estimate of drug-likeness (QED) is 0.851. The molecular weight excluding hydrogens is 285 g/mol. The van der Waals surface area contributed by atoms with Gasteiger partial charge in [-0.3, -0.25) is 4.79 Å². The Morgan fingerprint density at radius 1 is 1.59 bits per heavy atom. The van der Waals surface area contributed by atoms with E-state index in [0.29, 0.717) is 22.9 Å². The lowest BCUT2D eigenvalue weighted by Crippen LogP contribution is -2.31. The maximum absolute atomic E-state index is 13.7. The molecule has 0 radical (unpaired) electrons. The van der Waals surface area contributed by atoms with E-state index >= 15 is 0 Å². The van der Waals surface area contributed by atoms with Crippen molar-refractivity contribution >= 4 is 21.8 Å². The smallest absolute Gasteiger partial charge is 0.254 e. The average Bonchev–Trinajstić information content (AvgIpc) is 3.13. The summed E-state index contributed by atoms with van der Waals surface area (Å²) < 4.78 is 13.7. The standard InChI is InChI=1S/C13H15BrFNO/c1-8-3-2-4-10(12(8)15)13(17)16-7-11(14)9-5-6-9/h2-4,9,11H,5-7H2,1H3,(H,16,17). The number of benzene rings is 1. The fraction of sp³-hybridized carbons (Fsp3) is 0.462. The molecule has 1 aliphatic carbocycles. The summed E-state index contributed by atoms with van der Waals surface area (Å²) in [6, 6.07) is 4.86. The van der Waals surface area contributed by atoms with Gasteiger partial charge in [0.25, 0.3) is 5.91 Å². The second-order valence-electron chi connectivity index (χ2n) is 4.50. The molecule has 1 aromatic carbocycles. The van der Waals surface area contributed by atoms with Crippen LogP contribution in [0.2, 0.25) is 0 Å². The third kappa shape index (κ3) is 3.06. The molecule has 92 valence electrons. The van der Waals surface area contributed by atoms with Crippen molar-refractivity contribution < 1.29 is 9.18 Å². The third-order valence-corrected chi connectivity index (χ3v) is 4.10. The zero-order valence-electron chi connectivity index (χ0n) is 9.67. The predicted octanol–water partition coefficient (Wildman–Crippen LogP) is 3.04. The van der Waals surface area contributed by atoms with Crippen LogP contribution in [0.25, 0.3) is 0 Å². The normalized spacial score (nSPS) is 16.6. The van der Waals surface area contributed by atoms with Crippen LogP contribution in [-0.4, -0.2) is 17.3 Å². The Morgan fingerprint density at radius 3 is 2.94 bits per heavy atom. The highest BCUT2D eigenvalue weighted by Gasteiger charge is 2.29. The topological polar surface area (TPSA) is 29.1 Å². The Morgan fingerprint density at radius 2 is 2.29 bits per heavy atom. The Balaban J connectivity index is 1.96. The van der Waals surface area contributed by atoms with Gasteiger partial charge in [0.15, 0.2) is 0 Å². The first-order valence-electron chi connectivity index (χ1n) is 5.77. The van der Waals surface area contributed by atoms with Crippen molar-refractivity contribution in [2.24, 2.45) is 5.92 Å². The van der Waals surface area contributed by atoms with E-state index in [0.717, 1.165) is 0 Å². The molecule has 1 amide bonds. The number of carbonyl (C=O) groups is 1. The van der Waals surface area contributed by atoms with Gasteiger partial charge in [0, 0.05) is 11.4 Å². The minimum atomic E-state index is -0.428. The van der Waals surface area contributed by atoms with Crippen LogP contribution >= 0.6 is 15.9 Å². The van der Waals surface area contributed by atoms with Crippen molar-refractivity contribution in [2.45, 2.75) is 24.6 Å². The van der Waals surface area contributed by atoms with E-state index in [1.54, 1.807) is 19.1 Å². The molecule has 1 saturated carbocycles. The molecule has 1 atom stereocenters. The fourth-order valence-corrected chi connectivity index (χ4v) is 2.42. The summed E-state index contributed by atoms with van der Waals surface area (Å²) in [6.07, 6.45) is 2.43. The Labute approximate surface area is 109 Å². The zero-order valence-corrected chi connectivity index (χ0v) is 11.3. The highest BCUT2D eigenvalue weighted by Crippen LogP contribution is 2.36. The molecule has 1 unspecified atom stereocenters. The van der Waals surface area contributed by atoms with Crippen molar-refractivity contribution in [3.05, 3.63) is 35.1 Å². The van der Waals surface area contributed by atoms with E-state index in [2.05, 4.69) is 21.2 Å². The molecule has 0 bridgehead atoms. The number of nitrogens with one attached hydrogen (secondary N) is 1. The summed E-state index contributed by atoms with van der Waals surface area (Å²) in [4.78, 5) is 12.1. The van der Waals surface area contributed by atoms with Gasteiger partial charge >= 0.3 is 0 Å². The SMILES string of the molecule is Cc1cccc(C(=O)NCC(Br)C2CC2)c1F. The predicted molar refractivity (Wildman–Crippen MR) is 68.9 cm³/mol. The van der Waals surface area contributed by atoms with Gasteiger partial charge in [-0.15, -0.1) is 0 Å². The largest absolute Gasteiger partial charge is 0.351 e. The van der Waals surface area contributed by atoms with Gasteiger partial charge in [-0.2, -0.15) is 0 Å². The van der Waals surface area contributed by atoms with E-state index in [1.165, 1.54) is 18.9 Å². The summed E-state index contributed by atoms with van der Waals surface area (Å²) >= 11 is 3.53. The van der Waals surface area contributed by atoms with Gasteiger partial charge in [-0.05, 0) is 37.3 Å². The Kier molecular flexibility index (Phi) is 3.82. The molecule has 0 aromatic heterocycles. The number of alkyl halides is 1. The van der Waals surface area contributed by atoms with E-state index in [1.807, 2.05) is 0 Å². The molecular formula is C13H15BrFNO. The molecule has 2 nitrogen and oxygen atoms in total. The summed E-state index contributed by atoms with van der Waals surface area (Å²) in [6.45, 7) is 2.21. The monoisotopic (exact) mass is 299 g/mol. The molecule has 1 fully saturated rings. The Hall–Kier alpha value is -0.900. The highest BCUT2D eigenvalue weighted by molar-refractivity contribution is 9.09. The first-order chi connectivity index (χ1) is 8.09. The van der Waals surface area contributed by atoms with Crippen molar-refractivity contribution in [3.8, 4) is 0 Å². The highest BCUT2D eigenvalue weighted by atomic mass is 79.9. The molecule has 0 aliphatic heterocycles. The van der Waals surface area contributed by atoms with Gasteiger partial charge in [0.05, 0.1) is 5.56 Å². The molecule has 4 heteroatoms. The zero-order chi connectivity index (χ0) is 12.4. The maximum Gasteiger partial charge on any atom is 0.254 e. The summed E-state index contributed by atoms with van der Waals surface area (Å²) in [5.41, 5.74) is 0.621. The van der Waals surface area contributed by atoms with E-state index < -0.39 is 5.82 Å². The minimum absolute atomic E-state index is 0.125. The lowest BCUT2D eigenvalue weighted by Gasteiger charge is -2.11. The molecule has 1 aliphatic rings. The number of rotatable bonds is 4. The van der Waals surface area contributed by atoms with Crippen LogP contribution in [0.4, 0.5) is 4.39 Å². The molecule has 0 saturated heterocycles. The fourth-order valence-electron chi connectivity index (χ4n) is 1.73. The molecule has 2 rings (SSSR count). The van der Waals surface area contributed by atoms with Crippen LogP contribution in [0, 0.1) is 18.7 Å². The minimum Gasteiger partial charge on any atom is -0.351 e. The summed E-state index contributed by atoms with van der Waals surface area (Å²) in [5.74, 6) is -0.100. The van der Waals surface area contributed by atoms with E-state index in [-0.39, 0.29) is 11.5 Å². The van der Waals surface area contributed by atoms with Gasteiger partial charge in [0.1, 0.15) is 5.82 Å². The van der Waals surface area contributed by atoms with Crippen LogP contribution in [0.5, 0.6) is 0 Å². The number of hydrogen-bond donors (Lipinski definition) is 1. The maximum atomic E-state index is 13.7. The molecule has 1 aromatic rings. The number of halogens is 2. The average molecular weight is 300 g/mol. The van der Waals surface area contributed by atoms with E-state index in [9.17, 15) is 9.18 Å². The molecule has 17 heavy (non-hydrogen) atoms. The first kappa shape index (κ1) is 12.6. The lowest BCUT2D eigenvalue weighted by atomic mass is 10.1. The van der Waals surface area contributed by atoms with Crippen LogP contribution in [0.1, 0.15) is 28.8 Å². The molecule has 1 N–H and O–H groups in total. The van der Waals surface area contributed by atoms with E-state index in [4.69, 9.17) is 0 Å². The van der Waals surface area contributed by atoms with Crippen LogP contribution in [0.3, 0.4) is 0 Å². The number of amides is 1. The summed E-state index contributed by atoms with van der Waals surface area (Å²) in [7, 11) is 0. The van der Waals surface area contributed by atoms with Crippen LogP contribution in [-0.2, 0) is 0 Å². The van der Waals surface area contributed by atoms with Crippen LogP contribution < -0.4 is 5.32 Å². The van der Waals surface area contributed by atoms with Gasteiger partial charge < -0.3 is 5.32 Å².